The zero-order chi connectivity index (χ0) is 13.1. The van der Waals surface area contributed by atoms with Gasteiger partial charge in [-0.1, -0.05) is 6.07 Å². The van der Waals surface area contributed by atoms with E-state index in [0.29, 0.717) is 5.56 Å². The average Bonchev–Trinajstić information content (AvgIpc) is 2.14. The maximum absolute atomic E-state index is 13.3. The van der Waals surface area contributed by atoms with Crippen LogP contribution in [0.4, 0.5) is 9.18 Å². The van der Waals surface area contributed by atoms with Crippen molar-refractivity contribution in [2.75, 3.05) is 0 Å². The van der Waals surface area contributed by atoms with E-state index >= 15 is 0 Å². The molecule has 1 rings (SSSR count). The number of pyridine rings is 1. The number of nitrogens with one attached hydrogen (secondary N) is 1. The molecule has 0 fully saturated rings. The standard InChI is InChI=1S/C12H17FN2O2/c1-8(9-6-5-7-14-10(9)13)15-11(16)17-12(2,3)4/h5-8H,1-4H3,(H,15,16). The third kappa shape index (κ3) is 4.38. The molecule has 1 N–H and O–H groups in total. The molecule has 94 valence electrons. The fraction of sp³-hybridized carbons (Fsp3) is 0.500. The van der Waals surface area contributed by atoms with E-state index in [9.17, 15) is 9.18 Å². The van der Waals surface area contributed by atoms with Crippen molar-refractivity contribution in [1.82, 2.24) is 10.3 Å². The van der Waals surface area contributed by atoms with E-state index < -0.39 is 23.7 Å². The molecule has 0 aromatic carbocycles. The van der Waals surface area contributed by atoms with Crippen molar-refractivity contribution in [3.8, 4) is 0 Å². The molecule has 0 aliphatic carbocycles. The van der Waals surface area contributed by atoms with E-state index in [1.54, 1.807) is 39.8 Å². The first-order chi connectivity index (χ1) is 7.79. The van der Waals surface area contributed by atoms with Gasteiger partial charge in [-0.25, -0.2) is 9.78 Å². The molecule has 1 aromatic heterocycles. The highest BCUT2D eigenvalue weighted by Gasteiger charge is 2.19. The number of carbonyl (C=O) groups excluding carboxylic acids is 1. The molecule has 0 saturated carbocycles. The summed E-state index contributed by atoms with van der Waals surface area (Å²) in [5, 5.41) is 2.55. The van der Waals surface area contributed by atoms with Crippen LogP contribution in [0.1, 0.15) is 39.3 Å². The molecule has 0 spiro atoms. The summed E-state index contributed by atoms with van der Waals surface area (Å²) in [6.07, 6.45) is 0.784. The van der Waals surface area contributed by atoms with Crippen LogP contribution in [-0.4, -0.2) is 16.7 Å². The summed E-state index contributed by atoms with van der Waals surface area (Å²) in [6.45, 7) is 6.97. The molecule has 0 aliphatic rings. The minimum Gasteiger partial charge on any atom is -0.444 e. The fourth-order valence-electron chi connectivity index (χ4n) is 1.28. The summed E-state index contributed by atoms with van der Waals surface area (Å²) in [5.74, 6) is -0.587. The van der Waals surface area contributed by atoms with Crippen LogP contribution in [0, 0.1) is 5.95 Å². The van der Waals surface area contributed by atoms with Gasteiger partial charge in [0.15, 0.2) is 0 Å². The molecule has 1 atom stereocenters. The third-order valence-corrected chi connectivity index (χ3v) is 1.99. The van der Waals surface area contributed by atoms with Crippen molar-refractivity contribution < 1.29 is 13.9 Å². The van der Waals surface area contributed by atoms with Crippen molar-refractivity contribution in [1.29, 1.82) is 0 Å². The van der Waals surface area contributed by atoms with Gasteiger partial charge in [0, 0.05) is 11.8 Å². The highest BCUT2D eigenvalue weighted by Crippen LogP contribution is 2.15. The first-order valence-electron chi connectivity index (χ1n) is 5.39. The highest BCUT2D eigenvalue weighted by molar-refractivity contribution is 5.68. The molecule has 17 heavy (non-hydrogen) atoms. The molecule has 0 aliphatic heterocycles. The number of halogens is 1. The van der Waals surface area contributed by atoms with Crippen molar-refractivity contribution in [2.24, 2.45) is 0 Å². The second kappa shape index (κ2) is 5.12. The Morgan fingerprint density at radius 2 is 2.18 bits per heavy atom. The number of ether oxygens (including phenoxy) is 1. The highest BCUT2D eigenvalue weighted by atomic mass is 19.1. The lowest BCUT2D eigenvalue weighted by Gasteiger charge is -2.22. The van der Waals surface area contributed by atoms with E-state index in [1.807, 2.05) is 0 Å². The Morgan fingerprint density at radius 1 is 1.53 bits per heavy atom. The van der Waals surface area contributed by atoms with Crippen molar-refractivity contribution in [3.05, 3.63) is 29.8 Å². The SMILES string of the molecule is CC(NC(=O)OC(C)(C)C)c1cccnc1F. The Bertz CT molecular complexity index is 402. The van der Waals surface area contributed by atoms with Crippen LogP contribution in [0.5, 0.6) is 0 Å². The predicted molar refractivity (Wildman–Crippen MR) is 62.0 cm³/mol. The second-order valence-electron chi connectivity index (χ2n) is 4.75. The molecule has 4 nitrogen and oxygen atoms in total. The minimum atomic E-state index is -0.587. The Morgan fingerprint density at radius 3 is 2.71 bits per heavy atom. The molecular weight excluding hydrogens is 223 g/mol. The largest absolute Gasteiger partial charge is 0.444 e. The number of carbonyl (C=O) groups is 1. The van der Waals surface area contributed by atoms with Crippen LogP contribution < -0.4 is 5.32 Å². The van der Waals surface area contributed by atoms with Crippen LogP contribution in [0.3, 0.4) is 0 Å². The minimum absolute atomic E-state index is 0.332. The van der Waals surface area contributed by atoms with Gasteiger partial charge in [0.25, 0.3) is 0 Å². The fourth-order valence-corrected chi connectivity index (χ4v) is 1.28. The smallest absolute Gasteiger partial charge is 0.408 e. The lowest BCUT2D eigenvalue weighted by Crippen LogP contribution is -2.34. The van der Waals surface area contributed by atoms with E-state index in [2.05, 4.69) is 10.3 Å². The van der Waals surface area contributed by atoms with Crippen LogP contribution in [0.15, 0.2) is 18.3 Å². The number of hydrogen-bond donors (Lipinski definition) is 1. The number of amides is 1. The van der Waals surface area contributed by atoms with Crippen molar-refractivity contribution in [2.45, 2.75) is 39.3 Å². The lowest BCUT2D eigenvalue weighted by molar-refractivity contribution is 0.0507. The van der Waals surface area contributed by atoms with Gasteiger partial charge in [0.1, 0.15) is 5.60 Å². The molecule has 1 unspecified atom stereocenters. The normalized spacial score (nSPS) is 13.0. The van der Waals surface area contributed by atoms with Gasteiger partial charge in [0.2, 0.25) is 5.95 Å². The van der Waals surface area contributed by atoms with E-state index in [1.165, 1.54) is 6.20 Å². The third-order valence-electron chi connectivity index (χ3n) is 1.99. The van der Waals surface area contributed by atoms with Gasteiger partial charge in [-0.3, -0.25) is 0 Å². The molecule has 5 heteroatoms. The Kier molecular flexibility index (Phi) is 4.04. The maximum Gasteiger partial charge on any atom is 0.408 e. The summed E-state index contributed by atoms with van der Waals surface area (Å²) in [7, 11) is 0. The number of aromatic nitrogens is 1. The Hall–Kier alpha value is -1.65. The zero-order valence-corrected chi connectivity index (χ0v) is 10.5. The summed E-state index contributed by atoms with van der Waals surface area (Å²) in [6, 6.07) is 2.70. The topological polar surface area (TPSA) is 51.2 Å². The first-order valence-corrected chi connectivity index (χ1v) is 5.39. The maximum atomic E-state index is 13.3. The Labute approximate surface area is 100 Å². The van der Waals surface area contributed by atoms with Crippen LogP contribution >= 0.6 is 0 Å². The van der Waals surface area contributed by atoms with Gasteiger partial charge in [-0.15, -0.1) is 0 Å². The van der Waals surface area contributed by atoms with E-state index in [-0.39, 0.29) is 0 Å². The molecule has 1 amide bonds. The molecule has 0 bridgehead atoms. The van der Waals surface area contributed by atoms with Gasteiger partial charge < -0.3 is 10.1 Å². The summed E-state index contributed by atoms with van der Waals surface area (Å²) in [4.78, 5) is 15.0. The number of nitrogens with zero attached hydrogens (tertiary/aromatic N) is 1. The van der Waals surface area contributed by atoms with Crippen molar-refractivity contribution in [3.63, 3.8) is 0 Å². The van der Waals surface area contributed by atoms with Crippen LogP contribution in [0.25, 0.3) is 0 Å². The monoisotopic (exact) mass is 240 g/mol. The second-order valence-corrected chi connectivity index (χ2v) is 4.75. The number of hydrogen-bond acceptors (Lipinski definition) is 3. The van der Waals surface area contributed by atoms with Gasteiger partial charge in [-0.2, -0.15) is 4.39 Å². The molecule has 0 saturated heterocycles. The molecule has 1 aromatic rings. The van der Waals surface area contributed by atoms with Crippen LogP contribution in [-0.2, 0) is 4.74 Å². The molecule has 0 radical (unpaired) electrons. The Balaban J connectivity index is 2.64. The zero-order valence-electron chi connectivity index (χ0n) is 10.5. The van der Waals surface area contributed by atoms with Crippen molar-refractivity contribution >= 4 is 6.09 Å². The molecular formula is C12H17FN2O2. The first kappa shape index (κ1) is 13.4. The summed E-state index contributed by atoms with van der Waals surface area (Å²) >= 11 is 0. The number of rotatable bonds is 2. The van der Waals surface area contributed by atoms with Gasteiger partial charge >= 0.3 is 6.09 Å². The van der Waals surface area contributed by atoms with Gasteiger partial charge in [0.05, 0.1) is 6.04 Å². The molecule has 1 heterocycles. The van der Waals surface area contributed by atoms with E-state index in [4.69, 9.17) is 4.74 Å². The lowest BCUT2D eigenvalue weighted by atomic mass is 10.1. The summed E-state index contributed by atoms with van der Waals surface area (Å²) in [5.41, 5.74) is -0.240. The average molecular weight is 240 g/mol. The quantitative estimate of drug-likeness (QED) is 0.809. The summed E-state index contributed by atoms with van der Waals surface area (Å²) < 4.78 is 18.4. The van der Waals surface area contributed by atoms with Crippen LogP contribution in [0.2, 0.25) is 0 Å². The number of alkyl carbamates (subject to hydrolysis) is 1. The van der Waals surface area contributed by atoms with E-state index in [0.717, 1.165) is 0 Å². The predicted octanol–water partition coefficient (Wildman–Crippen LogP) is 2.81. The van der Waals surface area contributed by atoms with Gasteiger partial charge in [-0.05, 0) is 33.8 Å².